The summed E-state index contributed by atoms with van der Waals surface area (Å²) in [6, 6.07) is 0. The van der Waals surface area contributed by atoms with Gasteiger partial charge in [0.2, 0.25) is 5.91 Å². The van der Waals surface area contributed by atoms with Crippen molar-refractivity contribution in [1.82, 2.24) is 4.98 Å². The van der Waals surface area contributed by atoms with Crippen LogP contribution in [0.2, 0.25) is 0 Å². The van der Waals surface area contributed by atoms with Crippen LogP contribution < -0.4 is 5.32 Å². The SMILES string of the molecule is COC(=O)CCCc1csc(NC(=O)C2CC2(C)C)n1. The summed E-state index contributed by atoms with van der Waals surface area (Å²) in [5, 5.41) is 5.43. The topological polar surface area (TPSA) is 68.3 Å². The highest BCUT2D eigenvalue weighted by atomic mass is 32.1. The van der Waals surface area contributed by atoms with Gasteiger partial charge in [0.05, 0.1) is 12.8 Å². The predicted octanol–water partition coefficient (Wildman–Crippen LogP) is 2.62. The molecule has 0 aliphatic heterocycles. The van der Waals surface area contributed by atoms with Crippen LogP contribution in [0.5, 0.6) is 0 Å². The molecule has 1 aromatic heterocycles. The fourth-order valence-corrected chi connectivity index (χ4v) is 2.85. The zero-order valence-electron chi connectivity index (χ0n) is 12.1. The monoisotopic (exact) mass is 296 g/mol. The minimum Gasteiger partial charge on any atom is -0.469 e. The van der Waals surface area contributed by atoms with Gasteiger partial charge < -0.3 is 10.1 Å². The summed E-state index contributed by atoms with van der Waals surface area (Å²) >= 11 is 1.43. The first-order valence-corrected chi connectivity index (χ1v) is 7.62. The van der Waals surface area contributed by atoms with Crippen molar-refractivity contribution in [3.8, 4) is 0 Å². The van der Waals surface area contributed by atoms with Gasteiger partial charge in [0.25, 0.3) is 0 Å². The maximum Gasteiger partial charge on any atom is 0.305 e. The van der Waals surface area contributed by atoms with Gasteiger partial charge in [-0.2, -0.15) is 0 Å². The van der Waals surface area contributed by atoms with E-state index in [1.807, 2.05) is 5.38 Å². The van der Waals surface area contributed by atoms with Gasteiger partial charge in [0, 0.05) is 17.7 Å². The van der Waals surface area contributed by atoms with Crippen molar-refractivity contribution in [1.29, 1.82) is 0 Å². The Kier molecular flexibility index (Phi) is 4.42. The van der Waals surface area contributed by atoms with E-state index in [1.54, 1.807) is 0 Å². The number of thiazole rings is 1. The molecular formula is C14H20N2O3S. The van der Waals surface area contributed by atoms with Crippen molar-refractivity contribution in [2.75, 3.05) is 12.4 Å². The molecule has 0 aromatic carbocycles. The number of nitrogens with one attached hydrogen (secondary N) is 1. The molecule has 6 heteroatoms. The summed E-state index contributed by atoms with van der Waals surface area (Å²) in [6.45, 7) is 4.19. The molecule has 1 fully saturated rings. The van der Waals surface area contributed by atoms with Crippen molar-refractivity contribution >= 4 is 28.3 Å². The Morgan fingerprint density at radius 3 is 2.85 bits per heavy atom. The lowest BCUT2D eigenvalue weighted by Gasteiger charge is -2.03. The van der Waals surface area contributed by atoms with E-state index in [0.29, 0.717) is 18.0 Å². The summed E-state index contributed by atoms with van der Waals surface area (Å²) in [7, 11) is 1.39. The second kappa shape index (κ2) is 5.91. The summed E-state index contributed by atoms with van der Waals surface area (Å²) < 4.78 is 4.59. The van der Waals surface area contributed by atoms with Gasteiger partial charge >= 0.3 is 5.97 Å². The summed E-state index contributed by atoms with van der Waals surface area (Å²) in [4.78, 5) is 27.3. The number of aryl methyl sites for hydroxylation is 1. The number of hydrogen-bond donors (Lipinski definition) is 1. The standard InChI is InChI=1S/C14H20N2O3S/c1-14(2)7-10(14)12(18)16-13-15-9(8-20-13)5-4-6-11(17)19-3/h8,10H,4-7H2,1-3H3,(H,15,16,18). The lowest BCUT2D eigenvalue weighted by Crippen LogP contribution is -2.16. The maximum atomic E-state index is 11.9. The first kappa shape index (κ1) is 15.0. The molecule has 1 amide bonds. The molecule has 1 N–H and O–H groups in total. The molecule has 2 rings (SSSR count). The number of carbonyl (C=O) groups is 2. The second-order valence-electron chi connectivity index (χ2n) is 5.81. The Morgan fingerprint density at radius 2 is 2.25 bits per heavy atom. The van der Waals surface area contributed by atoms with E-state index in [-0.39, 0.29) is 23.2 Å². The molecule has 1 saturated carbocycles. The lowest BCUT2D eigenvalue weighted by molar-refractivity contribution is -0.140. The van der Waals surface area contributed by atoms with Crippen LogP contribution in [0.15, 0.2) is 5.38 Å². The highest BCUT2D eigenvalue weighted by molar-refractivity contribution is 7.13. The van der Waals surface area contributed by atoms with Crippen molar-refractivity contribution < 1.29 is 14.3 Å². The van der Waals surface area contributed by atoms with E-state index in [2.05, 4.69) is 28.9 Å². The molecule has 0 saturated heterocycles. The Bertz CT molecular complexity index is 510. The van der Waals surface area contributed by atoms with Gasteiger partial charge in [-0.1, -0.05) is 13.8 Å². The summed E-state index contributed by atoms with van der Waals surface area (Å²) in [6.07, 6.45) is 2.76. The second-order valence-corrected chi connectivity index (χ2v) is 6.67. The third-order valence-electron chi connectivity index (χ3n) is 3.65. The van der Waals surface area contributed by atoms with Crippen LogP contribution in [0.4, 0.5) is 5.13 Å². The van der Waals surface area contributed by atoms with E-state index in [4.69, 9.17) is 0 Å². The molecule has 0 radical (unpaired) electrons. The molecule has 1 aliphatic rings. The van der Waals surface area contributed by atoms with Crippen LogP contribution in [0.3, 0.4) is 0 Å². The number of anilines is 1. The number of ether oxygens (including phenoxy) is 1. The van der Waals surface area contributed by atoms with Gasteiger partial charge in [0.15, 0.2) is 5.13 Å². The molecule has 1 unspecified atom stereocenters. The average molecular weight is 296 g/mol. The number of methoxy groups -OCH3 is 1. The van der Waals surface area contributed by atoms with Gasteiger partial charge in [-0.05, 0) is 24.7 Å². The summed E-state index contributed by atoms with van der Waals surface area (Å²) in [5.74, 6) is -0.0376. The number of amides is 1. The van der Waals surface area contributed by atoms with Crippen LogP contribution in [0.1, 0.15) is 38.8 Å². The van der Waals surface area contributed by atoms with Gasteiger partial charge in [-0.3, -0.25) is 9.59 Å². The Hall–Kier alpha value is -1.43. The maximum absolute atomic E-state index is 11.9. The molecule has 0 bridgehead atoms. The third kappa shape index (κ3) is 3.79. The number of nitrogens with zero attached hydrogens (tertiary/aromatic N) is 1. The Labute approximate surface area is 122 Å². The molecule has 110 valence electrons. The molecule has 1 atom stereocenters. The minimum absolute atomic E-state index is 0.0606. The molecule has 0 spiro atoms. The van der Waals surface area contributed by atoms with Crippen LogP contribution in [-0.2, 0) is 20.7 Å². The number of hydrogen-bond acceptors (Lipinski definition) is 5. The molecule has 1 aliphatic carbocycles. The molecule has 1 heterocycles. The fourth-order valence-electron chi connectivity index (χ4n) is 2.10. The smallest absolute Gasteiger partial charge is 0.305 e. The van der Waals surface area contributed by atoms with Crippen molar-refractivity contribution in [3.05, 3.63) is 11.1 Å². The van der Waals surface area contributed by atoms with E-state index in [1.165, 1.54) is 18.4 Å². The van der Waals surface area contributed by atoms with E-state index < -0.39 is 0 Å². The van der Waals surface area contributed by atoms with Crippen molar-refractivity contribution in [3.63, 3.8) is 0 Å². The quantitative estimate of drug-likeness (QED) is 0.819. The third-order valence-corrected chi connectivity index (χ3v) is 4.46. The molecular weight excluding hydrogens is 276 g/mol. The molecule has 20 heavy (non-hydrogen) atoms. The van der Waals surface area contributed by atoms with Crippen molar-refractivity contribution in [2.45, 2.75) is 39.5 Å². The largest absolute Gasteiger partial charge is 0.469 e. The Balaban J connectivity index is 1.77. The van der Waals surface area contributed by atoms with E-state index in [9.17, 15) is 9.59 Å². The zero-order chi connectivity index (χ0) is 14.8. The number of rotatable bonds is 6. The number of aromatic nitrogens is 1. The average Bonchev–Trinajstić information content (AvgIpc) is 2.82. The van der Waals surface area contributed by atoms with Crippen LogP contribution in [0.25, 0.3) is 0 Å². The van der Waals surface area contributed by atoms with Crippen LogP contribution >= 0.6 is 11.3 Å². The predicted molar refractivity (Wildman–Crippen MR) is 77.6 cm³/mol. The first-order valence-electron chi connectivity index (χ1n) is 6.74. The first-order chi connectivity index (χ1) is 9.42. The minimum atomic E-state index is -0.204. The highest BCUT2D eigenvalue weighted by Crippen LogP contribution is 2.52. The Morgan fingerprint density at radius 1 is 1.55 bits per heavy atom. The van der Waals surface area contributed by atoms with Gasteiger partial charge in [-0.25, -0.2) is 4.98 Å². The van der Waals surface area contributed by atoms with Gasteiger partial charge in [-0.15, -0.1) is 11.3 Å². The highest BCUT2D eigenvalue weighted by Gasteiger charge is 2.50. The number of carbonyl (C=O) groups excluding carboxylic acids is 2. The molecule has 5 nitrogen and oxygen atoms in total. The van der Waals surface area contributed by atoms with Crippen LogP contribution in [0, 0.1) is 11.3 Å². The van der Waals surface area contributed by atoms with E-state index in [0.717, 1.165) is 18.5 Å². The number of esters is 1. The van der Waals surface area contributed by atoms with E-state index >= 15 is 0 Å². The van der Waals surface area contributed by atoms with Crippen molar-refractivity contribution in [2.24, 2.45) is 11.3 Å². The normalized spacial score (nSPS) is 19.4. The van der Waals surface area contributed by atoms with Gasteiger partial charge in [0.1, 0.15) is 0 Å². The summed E-state index contributed by atoms with van der Waals surface area (Å²) in [5.41, 5.74) is 1.04. The molecule has 1 aromatic rings. The zero-order valence-corrected chi connectivity index (χ0v) is 12.9. The lowest BCUT2D eigenvalue weighted by atomic mass is 10.1. The fraction of sp³-hybridized carbons (Fsp3) is 0.643. The van der Waals surface area contributed by atoms with Crippen LogP contribution in [-0.4, -0.2) is 24.0 Å².